The molecule has 0 aromatic heterocycles. The lowest BCUT2D eigenvalue weighted by Crippen LogP contribution is -2.32. The van der Waals surface area contributed by atoms with Crippen molar-refractivity contribution in [3.05, 3.63) is 34.3 Å². The van der Waals surface area contributed by atoms with Crippen molar-refractivity contribution < 1.29 is 13.2 Å². The smallest absolute Gasteiger partial charge is 0.248 e. The molecule has 1 atom stereocenters. The third kappa shape index (κ3) is 5.20. The van der Waals surface area contributed by atoms with E-state index in [9.17, 15) is 13.2 Å². The zero-order chi connectivity index (χ0) is 14.0. The van der Waals surface area contributed by atoms with Gasteiger partial charge in [-0.05, 0) is 38.5 Å². The predicted octanol–water partition coefficient (Wildman–Crippen LogP) is 5.09. The van der Waals surface area contributed by atoms with Gasteiger partial charge in [0, 0.05) is 9.22 Å². The highest BCUT2D eigenvalue weighted by molar-refractivity contribution is 9.10. The highest BCUT2D eigenvalue weighted by Gasteiger charge is 2.41. The molecular weight excluding hydrogens is 327 g/mol. The van der Waals surface area contributed by atoms with E-state index in [0.29, 0.717) is 4.47 Å². The molecule has 0 heterocycles. The number of benzene rings is 1. The molecular formula is C12H15BrF3NS. The largest absolute Gasteiger partial charge is 0.408 e. The van der Waals surface area contributed by atoms with Gasteiger partial charge in [0.2, 0.25) is 0 Å². The SMILES string of the molecule is CC(C)(C)SN[C@@H](c1cccc(Br)c1)C(F)(F)F. The van der Waals surface area contributed by atoms with Crippen LogP contribution in [0.1, 0.15) is 32.4 Å². The van der Waals surface area contributed by atoms with Crippen molar-refractivity contribution in [3.8, 4) is 0 Å². The van der Waals surface area contributed by atoms with Gasteiger partial charge in [-0.3, -0.25) is 0 Å². The van der Waals surface area contributed by atoms with E-state index in [1.807, 2.05) is 20.8 Å². The Kier molecular flexibility index (Phi) is 5.14. The van der Waals surface area contributed by atoms with E-state index in [2.05, 4.69) is 20.7 Å². The standard InChI is InChI=1S/C12H15BrF3NS/c1-11(2,3)18-17-10(12(14,15)16)8-5-4-6-9(13)7-8/h4-7,10,17H,1-3H3/t10-/m0/s1. The molecule has 1 nitrogen and oxygen atoms in total. The summed E-state index contributed by atoms with van der Waals surface area (Å²) in [4.78, 5) is 0. The van der Waals surface area contributed by atoms with Crippen LogP contribution in [-0.4, -0.2) is 10.9 Å². The van der Waals surface area contributed by atoms with Gasteiger partial charge in [0.1, 0.15) is 6.04 Å². The third-order valence-electron chi connectivity index (χ3n) is 1.99. The molecule has 0 radical (unpaired) electrons. The van der Waals surface area contributed by atoms with Crippen LogP contribution in [0.5, 0.6) is 0 Å². The summed E-state index contributed by atoms with van der Waals surface area (Å²) in [6, 6.07) is 4.59. The molecule has 0 bridgehead atoms. The molecule has 0 saturated carbocycles. The number of halogens is 4. The molecule has 1 aromatic rings. The first-order valence-electron chi connectivity index (χ1n) is 5.35. The number of hydrogen-bond acceptors (Lipinski definition) is 2. The van der Waals surface area contributed by atoms with Gasteiger partial charge in [-0.1, -0.05) is 40.0 Å². The number of hydrogen-bond donors (Lipinski definition) is 1. The van der Waals surface area contributed by atoms with Crippen molar-refractivity contribution >= 4 is 27.9 Å². The number of nitrogens with one attached hydrogen (secondary N) is 1. The first-order valence-corrected chi connectivity index (χ1v) is 6.96. The summed E-state index contributed by atoms with van der Waals surface area (Å²) >= 11 is 4.27. The zero-order valence-corrected chi connectivity index (χ0v) is 12.7. The van der Waals surface area contributed by atoms with Crippen molar-refractivity contribution in [3.63, 3.8) is 0 Å². The molecule has 6 heteroatoms. The quantitative estimate of drug-likeness (QED) is 0.768. The molecule has 1 rings (SSSR count). The van der Waals surface area contributed by atoms with Gasteiger partial charge in [0.05, 0.1) is 0 Å². The number of rotatable bonds is 3. The van der Waals surface area contributed by atoms with E-state index in [-0.39, 0.29) is 10.3 Å². The molecule has 0 saturated heterocycles. The average Bonchev–Trinajstić information content (AvgIpc) is 2.13. The van der Waals surface area contributed by atoms with E-state index < -0.39 is 12.2 Å². The fraction of sp³-hybridized carbons (Fsp3) is 0.500. The first kappa shape index (κ1) is 15.9. The lowest BCUT2D eigenvalue weighted by Gasteiger charge is -2.26. The minimum atomic E-state index is -4.32. The average molecular weight is 342 g/mol. The Morgan fingerprint density at radius 3 is 2.28 bits per heavy atom. The third-order valence-corrected chi connectivity index (χ3v) is 3.45. The van der Waals surface area contributed by atoms with Gasteiger partial charge < -0.3 is 0 Å². The fourth-order valence-corrected chi connectivity index (χ4v) is 2.40. The molecule has 0 fully saturated rings. The minimum Gasteiger partial charge on any atom is -0.248 e. The highest BCUT2D eigenvalue weighted by atomic mass is 79.9. The fourth-order valence-electron chi connectivity index (χ4n) is 1.25. The molecule has 18 heavy (non-hydrogen) atoms. The molecule has 0 unspecified atom stereocenters. The van der Waals surface area contributed by atoms with Crippen molar-refractivity contribution in [2.24, 2.45) is 0 Å². The Bertz CT molecular complexity index is 401. The van der Waals surface area contributed by atoms with Crippen molar-refractivity contribution in [1.82, 2.24) is 4.72 Å². The van der Waals surface area contributed by atoms with Crippen LogP contribution >= 0.6 is 27.9 Å². The summed E-state index contributed by atoms with van der Waals surface area (Å²) in [7, 11) is 0. The van der Waals surface area contributed by atoms with Crippen LogP contribution in [-0.2, 0) is 0 Å². The van der Waals surface area contributed by atoms with Crippen LogP contribution in [0.15, 0.2) is 28.7 Å². The first-order chi connectivity index (χ1) is 8.09. The topological polar surface area (TPSA) is 12.0 Å². The maximum atomic E-state index is 13.0. The summed E-state index contributed by atoms with van der Waals surface area (Å²) in [5.74, 6) is 0. The predicted molar refractivity (Wildman–Crippen MR) is 73.4 cm³/mol. The summed E-state index contributed by atoms with van der Waals surface area (Å²) in [5.41, 5.74) is 0.202. The molecule has 1 aromatic carbocycles. The van der Waals surface area contributed by atoms with E-state index in [0.717, 1.165) is 11.9 Å². The van der Waals surface area contributed by atoms with Crippen molar-refractivity contribution in [2.75, 3.05) is 0 Å². The summed E-state index contributed by atoms with van der Waals surface area (Å²) in [6.45, 7) is 5.58. The lowest BCUT2D eigenvalue weighted by molar-refractivity contribution is -0.152. The van der Waals surface area contributed by atoms with Gasteiger partial charge in [0.15, 0.2) is 0 Å². The summed E-state index contributed by atoms with van der Waals surface area (Å²) < 4.78 is 41.9. The molecule has 0 aliphatic heterocycles. The maximum absolute atomic E-state index is 13.0. The van der Waals surface area contributed by atoms with Gasteiger partial charge in [-0.15, -0.1) is 0 Å². The molecule has 0 aliphatic rings. The van der Waals surface area contributed by atoms with Crippen LogP contribution in [0.25, 0.3) is 0 Å². The van der Waals surface area contributed by atoms with Crippen LogP contribution < -0.4 is 4.72 Å². The summed E-state index contributed by atoms with van der Waals surface area (Å²) in [5, 5.41) is 0. The normalized spacial score (nSPS) is 14.6. The van der Waals surface area contributed by atoms with E-state index >= 15 is 0 Å². The molecule has 0 amide bonds. The summed E-state index contributed by atoms with van der Waals surface area (Å²) in [6.07, 6.45) is -4.32. The van der Waals surface area contributed by atoms with Gasteiger partial charge >= 0.3 is 6.18 Å². The Balaban J connectivity index is 2.93. The van der Waals surface area contributed by atoms with Crippen molar-refractivity contribution in [1.29, 1.82) is 0 Å². The molecule has 1 N–H and O–H groups in total. The van der Waals surface area contributed by atoms with Crippen LogP contribution in [0.2, 0.25) is 0 Å². The van der Waals surface area contributed by atoms with Gasteiger partial charge in [-0.2, -0.15) is 13.2 Å². The highest BCUT2D eigenvalue weighted by Crippen LogP contribution is 2.36. The Morgan fingerprint density at radius 2 is 1.83 bits per heavy atom. The van der Waals surface area contributed by atoms with E-state index in [1.54, 1.807) is 12.1 Å². The Morgan fingerprint density at radius 1 is 1.22 bits per heavy atom. The number of alkyl halides is 3. The maximum Gasteiger partial charge on any atom is 0.408 e. The van der Waals surface area contributed by atoms with E-state index in [4.69, 9.17) is 0 Å². The second-order valence-electron chi connectivity index (χ2n) is 4.86. The van der Waals surface area contributed by atoms with E-state index in [1.165, 1.54) is 12.1 Å². The lowest BCUT2D eigenvalue weighted by atomic mass is 10.1. The minimum absolute atomic E-state index is 0.202. The van der Waals surface area contributed by atoms with Gasteiger partial charge in [-0.25, -0.2) is 4.72 Å². The van der Waals surface area contributed by atoms with Crippen LogP contribution in [0.3, 0.4) is 0 Å². The second kappa shape index (κ2) is 5.84. The van der Waals surface area contributed by atoms with Gasteiger partial charge in [0.25, 0.3) is 0 Å². The monoisotopic (exact) mass is 341 g/mol. The second-order valence-corrected chi connectivity index (χ2v) is 7.44. The molecule has 0 spiro atoms. The zero-order valence-electron chi connectivity index (χ0n) is 10.3. The Labute approximate surface area is 118 Å². The van der Waals surface area contributed by atoms with Crippen molar-refractivity contribution in [2.45, 2.75) is 37.7 Å². The molecule has 0 aliphatic carbocycles. The Hall–Kier alpha value is -0.200. The van der Waals surface area contributed by atoms with Crippen LogP contribution in [0, 0.1) is 0 Å². The van der Waals surface area contributed by atoms with Crippen LogP contribution in [0.4, 0.5) is 13.2 Å². The molecule has 102 valence electrons.